The molecular weight excluding hydrogens is 248 g/mol. The maximum Gasteiger partial charge on any atom is 0.119 e. The Balaban J connectivity index is 1.85. The standard InChI is InChI=1S/C17H28N2O/c1-13-9-14(2)11-16(10-13)20-8-7-19-6-4-5-15(3)17(19)12-18/h9-11,15,17H,4-8,12,18H2,1-3H3. The monoisotopic (exact) mass is 276 g/mol. The van der Waals surface area contributed by atoms with E-state index in [1.165, 1.54) is 24.0 Å². The normalized spacial score (nSPS) is 23.8. The van der Waals surface area contributed by atoms with E-state index in [-0.39, 0.29) is 0 Å². The van der Waals surface area contributed by atoms with Crippen molar-refractivity contribution in [1.82, 2.24) is 4.90 Å². The van der Waals surface area contributed by atoms with Gasteiger partial charge in [-0.25, -0.2) is 0 Å². The molecule has 1 fully saturated rings. The molecule has 2 rings (SSSR count). The fourth-order valence-electron chi connectivity index (χ4n) is 3.29. The molecule has 1 aliphatic rings. The Hall–Kier alpha value is -1.06. The van der Waals surface area contributed by atoms with Crippen LogP contribution in [0.15, 0.2) is 18.2 Å². The second-order valence-corrected chi connectivity index (χ2v) is 6.13. The van der Waals surface area contributed by atoms with Crippen molar-refractivity contribution in [3.63, 3.8) is 0 Å². The molecule has 112 valence electrons. The van der Waals surface area contributed by atoms with Crippen molar-refractivity contribution in [3.05, 3.63) is 29.3 Å². The molecule has 2 atom stereocenters. The third kappa shape index (κ3) is 3.97. The van der Waals surface area contributed by atoms with Gasteiger partial charge in [-0.1, -0.05) is 13.0 Å². The zero-order valence-electron chi connectivity index (χ0n) is 13.1. The van der Waals surface area contributed by atoms with Gasteiger partial charge in [0.25, 0.3) is 0 Å². The summed E-state index contributed by atoms with van der Waals surface area (Å²) in [4.78, 5) is 2.50. The molecule has 20 heavy (non-hydrogen) atoms. The molecule has 1 aromatic carbocycles. The Kier molecular flexibility index (Phi) is 5.44. The highest BCUT2D eigenvalue weighted by Gasteiger charge is 2.26. The number of piperidine rings is 1. The lowest BCUT2D eigenvalue weighted by molar-refractivity contribution is 0.0895. The van der Waals surface area contributed by atoms with Crippen LogP contribution in [0.25, 0.3) is 0 Å². The summed E-state index contributed by atoms with van der Waals surface area (Å²) in [6.45, 7) is 10.2. The van der Waals surface area contributed by atoms with Crippen molar-refractivity contribution in [3.8, 4) is 5.75 Å². The second kappa shape index (κ2) is 7.09. The molecule has 1 aromatic rings. The summed E-state index contributed by atoms with van der Waals surface area (Å²) >= 11 is 0. The summed E-state index contributed by atoms with van der Waals surface area (Å²) < 4.78 is 5.92. The van der Waals surface area contributed by atoms with Gasteiger partial charge in [0, 0.05) is 19.1 Å². The first-order valence-corrected chi connectivity index (χ1v) is 7.75. The molecule has 0 saturated carbocycles. The number of benzene rings is 1. The van der Waals surface area contributed by atoms with Gasteiger partial charge in [-0.15, -0.1) is 0 Å². The number of aryl methyl sites for hydroxylation is 2. The van der Waals surface area contributed by atoms with Crippen LogP contribution in [0.5, 0.6) is 5.75 Å². The zero-order chi connectivity index (χ0) is 14.5. The van der Waals surface area contributed by atoms with Gasteiger partial charge in [0.15, 0.2) is 0 Å². The number of hydrogen-bond acceptors (Lipinski definition) is 3. The highest BCUT2D eigenvalue weighted by Crippen LogP contribution is 2.22. The maximum atomic E-state index is 5.92. The molecule has 0 bridgehead atoms. The Labute approximate surface area is 123 Å². The number of likely N-dealkylation sites (tertiary alicyclic amines) is 1. The minimum Gasteiger partial charge on any atom is -0.492 e. The number of hydrogen-bond donors (Lipinski definition) is 1. The molecule has 0 aromatic heterocycles. The van der Waals surface area contributed by atoms with Gasteiger partial charge in [0.2, 0.25) is 0 Å². The largest absolute Gasteiger partial charge is 0.492 e. The molecule has 1 aliphatic heterocycles. The lowest BCUT2D eigenvalue weighted by Gasteiger charge is -2.39. The van der Waals surface area contributed by atoms with E-state index in [1.54, 1.807) is 0 Å². The van der Waals surface area contributed by atoms with Crippen LogP contribution in [-0.4, -0.2) is 37.2 Å². The smallest absolute Gasteiger partial charge is 0.119 e. The second-order valence-electron chi connectivity index (χ2n) is 6.13. The average Bonchev–Trinajstić information content (AvgIpc) is 2.38. The predicted molar refractivity (Wildman–Crippen MR) is 84.2 cm³/mol. The fraction of sp³-hybridized carbons (Fsp3) is 0.647. The van der Waals surface area contributed by atoms with Crippen LogP contribution in [0.3, 0.4) is 0 Å². The van der Waals surface area contributed by atoms with E-state index in [1.807, 2.05) is 0 Å². The van der Waals surface area contributed by atoms with Crippen LogP contribution in [0.2, 0.25) is 0 Å². The van der Waals surface area contributed by atoms with Crippen LogP contribution in [-0.2, 0) is 0 Å². The third-order valence-corrected chi connectivity index (χ3v) is 4.31. The van der Waals surface area contributed by atoms with Crippen molar-refractivity contribution in [2.75, 3.05) is 26.2 Å². The highest BCUT2D eigenvalue weighted by molar-refractivity contribution is 5.32. The number of nitrogens with zero attached hydrogens (tertiary/aromatic N) is 1. The van der Waals surface area contributed by atoms with E-state index in [9.17, 15) is 0 Å². The van der Waals surface area contributed by atoms with Gasteiger partial charge in [-0.3, -0.25) is 4.90 Å². The van der Waals surface area contributed by atoms with E-state index >= 15 is 0 Å². The Morgan fingerprint density at radius 1 is 1.25 bits per heavy atom. The summed E-state index contributed by atoms with van der Waals surface area (Å²) in [5.74, 6) is 1.69. The molecule has 0 spiro atoms. The van der Waals surface area contributed by atoms with Gasteiger partial charge in [0.05, 0.1) is 0 Å². The van der Waals surface area contributed by atoms with Gasteiger partial charge in [0.1, 0.15) is 12.4 Å². The molecule has 1 saturated heterocycles. The minimum absolute atomic E-state index is 0.520. The van der Waals surface area contributed by atoms with Gasteiger partial charge >= 0.3 is 0 Å². The summed E-state index contributed by atoms with van der Waals surface area (Å²) in [7, 11) is 0. The quantitative estimate of drug-likeness (QED) is 0.898. The van der Waals surface area contributed by atoms with Gasteiger partial charge < -0.3 is 10.5 Å². The maximum absolute atomic E-state index is 5.92. The lowest BCUT2D eigenvalue weighted by Crippen LogP contribution is -2.49. The molecule has 0 amide bonds. The molecule has 2 N–H and O–H groups in total. The molecule has 3 heteroatoms. The summed E-state index contributed by atoms with van der Waals surface area (Å²) in [6.07, 6.45) is 2.58. The minimum atomic E-state index is 0.520. The third-order valence-electron chi connectivity index (χ3n) is 4.31. The van der Waals surface area contributed by atoms with Crippen molar-refractivity contribution in [2.24, 2.45) is 11.7 Å². The summed E-state index contributed by atoms with van der Waals surface area (Å²) in [6, 6.07) is 6.90. The zero-order valence-corrected chi connectivity index (χ0v) is 13.1. The van der Waals surface area contributed by atoms with E-state index < -0.39 is 0 Å². The van der Waals surface area contributed by atoms with Gasteiger partial charge in [-0.2, -0.15) is 0 Å². The van der Waals surface area contributed by atoms with Crippen LogP contribution in [0.1, 0.15) is 30.9 Å². The van der Waals surface area contributed by atoms with Crippen LogP contribution >= 0.6 is 0 Å². The molecule has 3 nitrogen and oxygen atoms in total. The van der Waals surface area contributed by atoms with Crippen molar-refractivity contribution < 1.29 is 4.74 Å². The van der Waals surface area contributed by atoms with Crippen LogP contribution in [0.4, 0.5) is 0 Å². The topological polar surface area (TPSA) is 38.5 Å². The van der Waals surface area contributed by atoms with E-state index in [0.717, 1.165) is 32.0 Å². The van der Waals surface area contributed by atoms with E-state index in [2.05, 4.69) is 43.9 Å². The SMILES string of the molecule is Cc1cc(C)cc(OCCN2CCCC(C)C2CN)c1. The Morgan fingerprint density at radius 3 is 2.60 bits per heavy atom. The van der Waals surface area contributed by atoms with E-state index in [0.29, 0.717) is 12.0 Å². The van der Waals surface area contributed by atoms with Crippen molar-refractivity contribution >= 4 is 0 Å². The number of ether oxygens (including phenoxy) is 1. The van der Waals surface area contributed by atoms with E-state index in [4.69, 9.17) is 10.5 Å². The van der Waals surface area contributed by atoms with Crippen molar-refractivity contribution in [1.29, 1.82) is 0 Å². The van der Waals surface area contributed by atoms with Gasteiger partial charge in [-0.05, 0) is 62.4 Å². The first-order valence-electron chi connectivity index (χ1n) is 7.75. The first kappa shape index (κ1) is 15.3. The Bertz CT molecular complexity index is 413. The summed E-state index contributed by atoms with van der Waals surface area (Å²) in [5.41, 5.74) is 8.44. The van der Waals surface area contributed by atoms with Crippen molar-refractivity contribution in [2.45, 2.75) is 39.7 Å². The lowest BCUT2D eigenvalue weighted by atomic mass is 9.91. The van der Waals surface area contributed by atoms with Crippen LogP contribution < -0.4 is 10.5 Å². The predicted octanol–water partition coefficient (Wildman–Crippen LogP) is 2.74. The fourth-order valence-corrected chi connectivity index (χ4v) is 3.29. The molecular formula is C17H28N2O. The molecule has 1 heterocycles. The number of rotatable bonds is 5. The highest BCUT2D eigenvalue weighted by atomic mass is 16.5. The number of nitrogens with two attached hydrogens (primary N) is 1. The van der Waals surface area contributed by atoms with Crippen LogP contribution in [0, 0.1) is 19.8 Å². The molecule has 0 aliphatic carbocycles. The summed E-state index contributed by atoms with van der Waals surface area (Å²) in [5, 5.41) is 0. The first-order chi connectivity index (χ1) is 9.60. The average molecular weight is 276 g/mol. The molecule has 0 radical (unpaired) electrons. The Morgan fingerprint density at radius 2 is 1.95 bits per heavy atom. The molecule has 2 unspecified atom stereocenters.